The van der Waals surface area contributed by atoms with Crippen LogP contribution in [0.25, 0.3) is 0 Å². The monoisotopic (exact) mass is 561 g/mol. The lowest BCUT2D eigenvalue weighted by Gasteiger charge is -2.33. The van der Waals surface area contributed by atoms with Crippen LogP contribution in [0.3, 0.4) is 0 Å². The molecule has 4 rings (SSSR count). The second-order valence-electron chi connectivity index (χ2n) is 10.2. The van der Waals surface area contributed by atoms with E-state index in [0.29, 0.717) is 43.0 Å². The number of carboxylic acids is 1. The van der Waals surface area contributed by atoms with Crippen LogP contribution in [0, 0.1) is 0 Å². The molecular weight excluding hydrogens is 527 g/mol. The van der Waals surface area contributed by atoms with Crippen molar-refractivity contribution in [3.63, 3.8) is 0 Å². The molecule has 1 N–H and O–H groups in total. The Balaban J connectivity index is 1.56. The van der Waals surface area contributed by atoms with E-state index in [2.05, 4.69) is 36.1 Å². The van der Waals surface area contributed by atoms with Crippen LogP contribution in [-0.2, 0) is 23.9 Å². The third kappa shape index (κ3) is 8.95. The van der Waals surface area contributed by atoms with Crippen LogP contribution in [-0.4, -0.2) is 35.2 Å². The summed E-state index contributed by atoms with van der Waals surface area (Å²) < 4.78 is 46.4. The van der Waals surface area contributed by atoms with Crippen molar-refractivity contribution in [2.24, 2.45) is 0 Å². The first-order valence-corrected chi connectivity index (χ1v) is 13.6. The Kier molecular flexibility index (Phi) is 10.2. The Morgan fingerprint density at radius 1 is 0.829 bits per heavy atom. The van der Waals surface area contributed by atoms with Gasteiger partial charge in [-0.1, -0.05) is 91.0 Å². The van der Waals surface area contributed by atoms with E-state index in [-0.39, 0.29) is 18.4 Å². The number of rotatable bonds is 13. The number of alkyl halides is 3. The fourth-order valence-electron chi connectivity index (χ4n) is 4.94. The molecule has 0 saturated heterocycles. The van der Waals surface area contributed by atoms with Gasteiger partial charge >= 0.3 is 12.1 Å². The fourth-order valence-corrected chi connectivity index (χ4v) is 4.94. The summed E-state index contributed by atoms with van der Waals surface area (Å²) in [6.07, 6.45) is -3.87. The Morgan fingerprint density at radius 2 is 1.44 bits per heavy atom. The molecule has 41 heavy (non-hydrogen) atoms. The molecule has 4 aromatic rings. The predicted molar refractivity (Wildman–Crippen MR) is 154 cm³/mol. The molecule has 0 aliphatic heterocycles. The van der Waals surface area contributed by atoms with E-state index in [4.69, 9.17) is 9.84 Å². The lowest BCUT2D eigenvalue weighted by atomic mass is 9.90. The van der Waals surface area contributed by atoms with Crippen LogP contribution in [0.4, 0.5) is 13.2 Å². The van der Waals surface area contributed by atoms with Gasteiger partial charge in [-0.2, -0.15) is 13.2 Å². The van der Waals surface area contributed by atoms with Crippen molar-refractivity contribution in [2.45, 2.75) is 44.4 Å². The average Bonchev–Trinajstić information content (AvgIpc) is 2.95. The minimum absolute atomic E-state index is 0.0132. The van der Waals surface area contributed by atoms with Crippen LogP contribution >= 0.6 is 0 Å². The molecule has 0 spiro atoms. The minimum Gasteiger partial charge on any atom is -0.494 e. The van der Waals surface area contributed by atoms with Crippen LogP contribution < -0.4 is 4.74 Å². The third-order valence-electron chi connectivity index (χ3n) is 7.14. The molecule has 1 atom stereocenters. The van der Waals surface area contributed by atoms with Gasteiger partial charge in [0, 0.05) is 25.0 Å². The molecule has 0 heterocycles. The van der Waals surface area contributed by atoms with Gasteiger partial charge in [-0.15, -0.1) is 0 Å². The highest BCUT2D eigenvalue weighted by atomic mass is 19.4. The van der Waals surface area contributed by atoms with Crippen molar-refractivity contribution in [3.05, 3.63) is 137 Å². The Hall–Kier alpha value is -4.10. The van der Waals surface area contributed by atoms with Crippen molar-refractivity contribution in [1.82, 2.24) is 4.90 Å². The van der Waals surface area contributed by atoms with Gasteiger partial charge in [0.05, 0.1) is 18.6 Å². The molecule has 0 radical (unpaired) electrons. The molecule has 0 fully saturated rings. The molecule has 7 heteroatoms. The first-order valence-electron chi connectivity index (χ1n) is 13.6. The molecule has 0 aliphatic carbocycles. The molecule has 0 amide bonds. The lowest BCUT2D eigenvalue weighted by molar-refractivity contribution is -0.138. The van der Waals surface area contributed by atoms with Crippen molar-refractivity contribution in [1.29, 1.82) is 0 Å². The van der Waals surface area contributed by atoms with E-state index < -0.39 is 17.7 Å². The van der Waals surface area contributed by atoms with Gasteiger partial charge in [-0.3, -0.25) is 9.69 Å². The number of carboxylic acid groups (broad SMARTS) is 1. The van der Waals surface area contributed by atoms with E-state index in [9.17, 15) is 18.0 Å². The van der Waals surface area contributed by atoms with Crippen molar-refractivity contribution < 1.29 is 27.8 Å². The lowest BCUT2D eigenvalue weighted by Crippen LogP contribution is -2.37. The number of benzene rings is 4. The maximum Gasteiger partial charge on any atom is 0.416 e. The summed E-state index contributed by atoms with van der Waals surface area (Å²) in [5.41, 5.74) is 2.85. The summed E-state index contributed by atoms with van der Waals surface area (Å²) in [5, 5.41) is 9.08. The summed E-state index contributed by atoms with van der Waals surface area (Å²) in [6, 6.07) is 32.8. The quantitative estimate of drug-likeness (QED) is 0.181. The van der Waals surface area contributed by atoms with Gasteiger partial charge in [0.15, 0.2) is 0 Å². The summed E-state index contributed by atoms with van der Waals surface area (Å²) in [5.74, 6) is -0.307. The summed E-state index contributed by atoms with van der Waals surface area (Å²) in [7, 11) is 0. The normalized spacial score (nSPS) is 12.4. The Bertz CT molecular complexity index is 1350. The number of hydrogen-bond acceptors (Lipinski definition) is 3. The average molecular weight is 562 g/mol. The fraction of sp³-hybridized carbons (Fsp3) is 0.265. The first kappa shape index (κ1) is 29.9. The maximum atomic E-state index is 13.5. The number of halogens is 3. The number of nitrogens with zero attached hydrogens (tertiary/aromatic N) is 1. The Labute approximate surface area is 239 Å². The molecule has 1 unspecified atom stereocenters. The summed E-state index contributed by atoms with van der Waals surface area (Å²) >= 11 is 0. The van der Waals surface area contributed by atoms with E-state index in [1.807, 2.05) is 36.4 Å². The summed E-state index contributed by atoms with van der Waals surface area (Å²) in [6.45, 7) is 3.37. The standard InChI is InChI=1S/C34H34F3NO3/c1-25(18-19-41-31-17-9-10-26(21-31)22-33(39)40)38(23-27-11-8-16-30(20-27)34(35,36)37)24-32(28-12-4-2-5-13-28)29-14-6-3-7-15-29/h2-17,20-21,25,32H,18-19,22-24H2,1H3,(H,39,40). The van der Waals surface area contributed by atoms with Gasteiger partial charge in [0.1, 0.15) is 5.75 Å². The highest BCUT2D eigenvalue weighted by molar-refractivity contribution is 5.70. The predicted octanol–water partition coefficient (Wildman–Crippen LogP) is 7.82. The largest absolute Gasteiger partial charge is 0.494 e. The molecule has 0 saturated carbocycles. The zero-order valence-electron chi connectivity index (χ0n) is 22.9. The SMILES string of the molecule is CC(CCOc1cccc(CC(=O)O)c1)N(Cc1cccc(C(F)(F)F)c1)CC(c1ccccc1)c1ccccc1. The second kappa shape index (κ2) is 14.0. The zero-order valence-corrected chi connectivity index (χ0v) is 22.9. The van der Waals surface area contributed by atoms with Gasteiger partial charge in [0.25, 0.3) is 0 Å². The van der Waals surface area contributed by atoms with Gasteiger partial charge in [-0.25, -0.2) is 0 Å². The van der Waals surface area contributed by atoms with E-state index in [1.54, 1.807) is 30.3 Å². The molecule has 0 aromatic heterocycles. The molecule has 4 aromatic carbocycles. The molecule has 0 aliphatic rings. The molecule has 4 nitrogen and oxygen atoms in total. The second-order valence-corrected chi connectivity index (χ2v) is 10.2. The minimum atomic E-state index is -4.41. The highest BCUT2D eigenvalue weighted by Gasteiger charge is 2.31. The summed E-state index contributed by atoms with van der Waals surface area (Å²) in [4.78, 5) is 13.3. The van der Waals surface area contributed by atoms with Crippen LogP contribution in [0.5, 0.6) is 5.75 Å². The van der Waals surface area contributed by atoms with Crippen molar-refractivity contribution >= 4 is 5.97 Å². The number of ether oxygens (including phenoxy) is 1. The maximum absolute atomic E-state index is 13.5. The van der Waals surface area contributed by atoms with Gasteiger partial charge in [0.2, 0.25) is 0 Å². The van der Waals surface area contributed by atoms with Crippen molar-refractivity contribution in [3.8, 4) is 5.75 Å². The Morgan fingerprint density at radius 3 is 2.05 bits per heavy atom. The van der Waals surface area contributed by atoms with E-state index in [1.165, 1.54) is 12.1 Å². The molecule has 0 bridgehead atoms. The highest BCUT2D eigenvalue weighted by Crippen LogP contribution is 2.31. The van der Waals surface area contributed by atoms with E-state index in [0.717, 1.165) is 17.2 Å². The number of aliphatic carboxylic acids is 1. The number of hydrogen-bond donors (Lipinski definition) is 1. The van der Waals surface area contributed by atoms with Crippen LogP contribution in [0.1, 0.15) is 47.1 Å². The zero-order chi connectivity index (χ0) is 29.2. The first-order chi connectivity index (χ1) is 19.7. The smallest absolute Gasteiger partial charge is 0.416 e. The van der Waals surface area contributed by atoms with Crippen molar-refractivity contribution in [2.75, 3.05) is 13.2 Å². The topological polar surface area (TPSA) is 49.8 Å². The molecular formula is C34H34F3NO3. The van der Waals surface area contributed by atoms with Crippen LogP contribution in [0.15, 0.2) is 109 Å². The third-order valence-corrected chi connectivity index (χ3v) is 7.14. The van der Waals surface area contributed by atoms with Crippen LogP contribution in [0.2, 0.25) is 0 Å². The molecule has 214 valence electrons. The number of carbonyl (C=O) groups is 1. The van der Waals surface area contributed by atoms with Gasteiger partial charge in [-0.05, 0) is 53.8 Å². The van der Waals surface area contributed by atoms with Gasteiger partial charge < -0.3 is 9.84 Å². The van der Waals surface area contributed by atoms with E-state index >= 15 is 0 Å².